The Kier molecular flexibility index (Phi) is 3.75. The minimum Gasteiger partial charge on any atom is -0.368 e. The number of carbonyl (C=O) groups excluding carboxylic acids is 3. The first-order chi connectivity index (χ1) is 7.09. The second kappa shape index (κ2) is 5.05. The summed E-state index contributed by atoms with van der Waals surface area (Å²) in [5, 5.41) is 3.52. The highest BCUT2D eigenvalue weighted by molar-refractivity contribution is 6.39. The van der Waals surface area contributed by atoms with Gasteiger partial charge >= 0.3 is 0 Å². The van der Waals surface area contributed by atoms with E-state index in [1.54, 1.807) is 0 Å². The average molecular weight is 214 g/mol. The Morgan fingerprint density at radius 3 is 2.80 bits per heavy atom. The van der Waals surface area contributed by atoms with Crippen LogP contribution in [0.15, 0.2) is 5.10 Å². The lowest BCUT2D eigenvalue weighted by molar-refractivity contribution is -0.133. The summed E-state index contributed by atoms with van der Waals surface area (Å²) in [6, 6.07) is 0. The Morgan fingerprint density at radius 2 is 2.27 bits per heavy atom. The van der Waals surface area contributed by atoms with Gasteiger partial charge in [0.25, 0.3) is 5.91 Å². The standard InChI is InChI=1S/C7H10N4O4/c8-5(12)3-15-11-7(14)4-1-2-6(13)10-9-4/h1-3H2,(H2,8,12)(H,10,13)(H,11,14). The molecule has 8 nitrogen and oxygen atoms in total. The van der Waals surface area contributed by atoms with Crippen molar-refractivity contribution in [2.24, 2.45) is 10.8 Å². The summed E-state index contributed by atoms with van der Waals surface area (Å²) in [7, 11) is 0. The van der Waals surface area contributed by atoms with Crippen molar-refractivity contribution in [2.75, 3.05) is 6.61 Å². The van der Waals surface area contributed by atoms with Crippen LogP contribution in [0.1, 0.15) is 12.8 Å². The molecule has 4 N–H and O–H groups in total. The molecule has 0 saturated carbocycles. The molecule has 15 heavy (non-hydrogen) atoms. The number of hydrogen-bond donors (Lipinski definition) is 3. The number of hydroxylamine groups is 1. The highest BCUT2D eigenvalue weighted by atomic mass is 16.7. The first-order valence-electron chi connectivity index (χ1n) is 4.15. The van der Waals surface area contributed by atoms with Crippen LogP contribution in [0.25, 0.3) is 0 Å². The lowest BCUT2D eigenvalue weighted by Gasteiger charge is -2.11. The quantitative estimate of drug-likeness (QED) is 0.459. The zero-order chi connectivity index (χ0) is 11.3. The summed E-state index contributed by atoms with van der Waals surface area (Å²) in [5.74, 6) is -1.55. The molecule has 0 aromatic heterocycles. The third-order valence-electron chi connectivity index (χ3n) is 1.55. The first-order valence-corrected chi connectivity index (χ1v) is 4.15. The molecular formula is C7H10N4O4. The topological polar surface area (TPSA) is 123 Å². The van der Waals surface area contributed by atoms with Crippen LogP contribution in [0.4, 0.5) is 0 Å². The van der Waals surface area contributed by atoms with Crippen LogP contribution in [0.3, 0.4) is 0 Å². The zero-order valence-corrected chi connectivity index (χ0v) is 7.78. The van der Waals surface area contributed by atoms with Gasteiger partial charge in [-0.15, -0.1) is 0 Å². The van der Waals surface area contributed by atoms with Crippen molar-refractivity contribution in [3.8, 4) is 0 Å². The monoisotopic (exact) mass is 214 g/mol. The number of carbonyl (C=O) groups is 3. The molecule has 0 spiro atoms. The highest BCUT2D eigenvalue weighted by Gasteiger charge is 2.18. The van der Waals surface area contributed by atoms with Crippen molar-refractivity contribution in [3.05, 3.63) is 0 Å². The van der Waals surface area contributed by atoms with E-state index < -0.39 is 18.4 Å². The molecule has 3 amide bonds. The van der Waals surface area contributed by atoms with Gasteiger partial charge in [-0.1, -0.05) is 0 Å². The fraction of sp³-hybridized carbons (Fsp3) is 0.429. The van der Waals surface area contributed by atoms with Crippen LogP contribution >= 0.6 is 0 Å². The average Bonchev–Trinajstić information content (AvgIpc) is 2.18. The Balaban J connectivity index is 2.34. The molecule has 0 bridgehead atoms. The summed E-state index contributed by atoms with van der Waals surface area (Å²) in [6.45, 7) is -0.411. The third-order valence-corrected chi connectivity index (χ3v) is 1.55. The number of primary amides is 1. The van der Waals surface area contributed by atoms with Crippen molar-refractivity contribution in [2.45, 2.75) is 12.8 Å². The minimum atomic E-state index is -0.700. The van der Waals surface area contributed by atoms with Gasteiger partial charge in [-0.3, -0.25) is 19.2 Å². The number of nitrogens with zero attached hydrogens (tertiary/aromatic N) is 1. The van der Waals surface area contributed by atoms with Crippen LogP contribution in [0.5, 0.6) is 0 Å². The molecule has 0 radical (unpaired) electrons. The van der Waals surface area contributed by atoms with Crippen molar-refractivity contribution >= 4 is 23.4 Å². The molecule has 0 aliphatic carbocycles. The van der Waals surface area contributed by atoms with E-state index in [1.807, 2.05) is 5.48 Å². The second-order valence-electron chi connectivity index (χ2n) is 2.78. The number of hydrazone groups is 1. The molecule has 0 aromatic rings. The maximum atomic E-state index is 11.2. The molecular weight excluding hydrogens is 204 g/mol. The van der Waals surface area contributed by atoms with Crippen LogP contribution < -0.4 is 16.6 Å². The summed E-state index contributed by atoms with van der Waals surface area (Å²) in [4.78, 5) is 36.6. The number of hydrogen-bond acceptors (Lipinski definition) is 5. The predicted molar refractivity (Wildman–Crippen MR) is 48.1 cm³/mol. The zero-order valence-electron chi connectivity index (χ0n) is 7.78. The van der Waals surface area contributed by atoms with Gasteiger partial charge in [0.1, 0.15) is 5.71 Å². The summed E-state index contributed by atoms with van der Waals surface area (Å²) < 4.78 is 0. The molecule has 1 aliphatic heterocycles. The molecule has 0 saturated heterocycles. The first kappa shape index (κ1) is 11.1. The predicted octanol–water partition coefficient (Wildman–Crippen LogP) is -2.21. The maximum absolute atomic E-state index is 11.2. The molecule has 0 atom stereocenters. The molecule has 0 aromatic carbocycles. The van der Waals surface area contributed by atoms with E-state index in [4.69, 9.17) is 5.73 Å². The number of amides is 3. The summed E-state index contributed by atoms with van der Waals surface area (Å²) >= 11 is 0. The molecule has 82 valence electrons. The Hall–Kier alpha value is -1.96. The second-order valence-corrected chi connectivity index (χ2v) is 2.78. The van der Waals surface area contributed by atoms with Gasteiger partial charge in [0.05, 0.1) is 0 Å². The van der Waals surface area contributed by atoms with Crippen LogP contribution in [0.2, 0.25) is 0 Å². The van der Waals surface area contributed by atoms with Gasteiger partial charge < -0.3 is 5.73 Å². The van der Waals surface area contributed by atoms with Crippen molar-refractivity contribution in [3.63, 3.8) is 0 Å². The smallest absolute Gasteiger partial charge is 0.291 e. The number of nitrogens with one attached hydrogen (secondary N) is 2. The molecule has 0 unspecified atom stereocenters. The van der Waals surface area contributed by atoms with Gasteiger partial charge in [-0.2, -0.15) is 5.10 Å². The van der Waals surface area contributed by atoms with Gasteiger partial charge in [-0.05, 0) is 0 Å². The van der Waals surface area contributed by atoms with Gasteiger partial charge in [-0.25, -0.2) is 10.9 Å². The molecule has 0 fully saturated rings. The van der Waals surface area contributed by atoms with E-state index in [2.05, 4.69) is 15.4 Å². The lowest BCUT2D eigenvalue weighted by Crippen LogP contribution is -2.38. The fourth-order valence-electron chi connectivity index (χ4n) is 0.870. The Bertz CT molecular complexity index is 325. The summed E-state index contributed by atoms with van der Waals surface area (Å²) in [5.41, 5.74) is 9.04. The normalized spacial score (nSPS) is 15.2. The SMILES string of the molecule is NC(=O)CONC(=O)C1=NNC(=O)CC1. The molecule has 1 aliphatic rings. The maximum Gasteiger partial charge on any atom is 0.291 e. The van der Waals surface area contributed by atoms with Crippen LogP contribution in [-0.2, 0) is 19.2 Å². The van der Waals surface area contributed by atoms with Crippen LogP contribution in [0, 0.1) is 0 Å². The third kappa shape index (κ3) is 3.73. The highest BCUT2D eigenvalue weighted by Crippen LogP contribution is 1.99. The van der Waals surface area contributed by atoms with Crippen molar-refractivity contribution in [1.29, 1.82) is 0 Å². The van der Waals surface area contributed by atoms with E-state index in [0.29, 0.717) is 0 Å². The van der Waals surface area contributed by atoms with Crippen molar-refractivity contribution < 1.29 is 19.2 Å². The van der Waals surface area contributed by atoms with Gasteiger partial charge in [0.2, 0.25) is 11.8 Å². The number of nitrogens with two attached hydrogens (primary N) is 1. The molecule has 8 heteroatoms. The lowest BCUT2D eigenvalue weighted by atomic mass is 10.2. The molecule has 1 heterocycles. The van der Waals surface area contributed by atoms with E-state index in [0.717, 1.165) is 0 Å². The van der Waals surface area contributed by atoms with Crippen molar-refractivity contribution in [1.82, 2.24) is 10.9 Å². The van der Waals surface area contributed by atoms with Gasteiger partial charge in [0.15, 0.2) is 6.61 Å². The van der Waals surface area contributed by atoms with Crippen LogP contribution in [-0.4, -0.2) is 30.0 Å². The largest absolute Gasteiger partial charge is 0.368 e. The number of rotatable bonds is 4. The Labute approximate surface area is 84.8 Å². The van der Waals surface area contributed by atoms with E-state index >= 15 is 0 Å². The summed E-state index contributed by atoms with van der Waals surface area (Å²) in [6.07, 6.45) is 0.430. The fourth-order valence-corrected chi connectivity index (χ4v) is 0.870. The van der Waals surface area contributed by atoms with E-state index in [-0.39, 0.29) is 24.5 Å². The molecule has 1 rings (SSSR count). The van der Waals surface area contributed by atoms with E-state index in [1.165, 1.54) is 0 Å². The van der Waals surface area contributed by atoms with E-state index in [9.17, 15) is 14.4 Å². The van der Waals surface area contributed by atoms with Gasteiger partial charge in [0, 0.05) is 12.8 Å². The minimum absolute atomic E-state index is 0.138. The Morgan fingerprint density at radius 1 is 1.53 bits per heavy atom.